The number of nitrogens with one attached hydrogen (secondary N) is 1. The molecule has 0 bridgehead atoms. The Morgan fingerprint density at radius 2 is 1.93 bits per heavy atom. The van der Waals surface area contributed by atoms with Gasteiger partial charge in [-0.05, 0) is 29.7 Å². The number of halogens is 1. The van der Waals surface area contributed by atoms with Crippen LogP contribution in [0.4, 0.5) is 4.39 Å². The highest BCUT2D eigenvalue weighted by molar-refractivity contribution is 6.02. The topological polar surface area (TPSA) is 61.8 Å². The molecule has 2 aromatic carbocycles. The number of rotatable bonds is 6. The van der Waals surface area contributed by atoms with Crippen LogP contribution < -0.4 is 5.32 Å². The van der Waals surface area contributed by atoms with Crippen LogP contribution in [0.5, 0.6) is 0 Å². The largest absolute Gasteiger partial charge is 0.352 e. The molecule has 1 aliphatic rings. The maximum atomic E-state index is 13.5. The van der Waals surface area contributed by atoms with Gasteiger partial charge in [-0.3, -0.25) is 9.59 Å². The Balaban J connectivity index is 1.45. The van der Waals surface area contributed by atoms with Gasteiger partial charge in [0.05, 0.1) is 12.3 Å². The molecule has 0 aliphatic carbocycles. The van der Waals surface area contributed by atoms with Crippen LogP contribution in [-0.4, -0.2) is 29.1 Å². The van der Waals surface area contributed by atoms with Gasteiger partial charge in [0.15, 0.2) is 0 Å². The molecule has 1 heterocycles. The van der Waals surface area contributed by atoms with Gasteiger partial charge in [-0.1, -0.05) is 42.5 Å². The monoisotopic (exact) mass is 367 g/mol. The number of amides is 2. The minimum atomic E-state index is -0.293. The Bertz CT molecular complexity index is 865. The van der Waals surface area contributed by atoms with Gasteiger partial charge in [0.1, 0.15) is 5.82 Å². The number of hydrazone groups is 1. The standard InChI is InChI=1S/C21H22FN3O2/c1-15-7-8-16(13-18(15)22)14-23-20(26)9-10-21(27)25-12-11-19(24-25)17-5-3-2-4-6-17/h2-8,13H,9-12,14H2,1H3,(H,23,26). The van der Waals surface area contributed by atoms with E-state index in [0.717, 1.165) is 11.3 Å². The van der Waals surface area contributed by atoms with E-state index in [-0.39, 0.29) is 37.0 Å². The van der Waals surface area contributed by atoms with Crippen LogP contribution in [0.1, 0.15) is 36.0 Å². The molecule has 0 unspecified atom stereocenters. The Hall–Kier alpha value is -3.02. The molecule has 2 aromatic rings. The van der Waals surface area contributed by atoms with Gasteiger partial charge in [0, 0.05) is 25.8 Å². The summed E-state index contributed by atoms with van der Waals surface area (Å²) in [6.45, 7) is 2.46. The van der Waals surface area contributed by atoms with E-state index in [9.17, 15) is 14.0 Å². The molecule has 6 heteroatoms. The van der Waals surface area contributed by atoms with Crippen molar-refractivity contribution in [3.05, 3.63) is 71.0 Å². The maximum absolute atomic E-state index is 13.5. The fourth-order valence-electron chi connectivity index (χ4n) is 2.86. The van der Waals surface area contributed by atoms with Gasteiger partial charge in [0.25, 0.3) is 0 Å². The van der Waals surface area contributed by atoms with Crippen LogP contribution in [0, 0.1) is 12.7 Å². The number of benzene rings is 2. The number of carbonyl (C=O) groups excluding carboxylic acids is 2. The molecule has 0 fully saturated rings. The first-order valence-corrected chi connectivity index (χ1v) is 8.98. The highest BCUT2D eigenvalue weighted by Crippen LogP contribution is 2.15. The molecule has 1 aliphatic heterocycles. The average molecular weight is 367 g/mol. The van der Waals surface area contributed by atoms with E-state index < -0.39 is 0 Å². The van der Waals surface area contributed by atoms with Crippen molar-refractivity contribution in [2.24, 2.45) is 5.10 Å². The maximum Gasteiger partial charge on any atom is 0.243 e. The van der Waals surface area contributed by atoms with Gasteiger partial charge < -0.3 is 5.32 Å². The van der Waals surface area contributed by atoms with E-state index >= 15 is 0 Å². The van der Waals surface area contributed by atoms with Crippen molar-refractivity contribution in [1.82, 2.24) is 10.3 Å². The van der Waals surface area contributed by atoms with E-state index in [0.29, 0.717) is 24.1 Å². The SMILES string of the molecule is Cc1ccc(CNC(=O)CCC(=O)N2CCC(c3ccccc3)=N2)cc1F. The van der Waals surface area contributed by atoms with Crippen molar-refractivity contribution in [1.29, 1.82) is 0 Å². The number of aryl methyl sites for hydroxylation is 1. The third-order valence-electron chi connectivity index (χ3n) is 4.49. The van der Waals surface area contributed by atoms with Crippen LogP contribution in [0.15, 0.2) is 53.6 Å². The zero-order chi connectivity index (χ0) is 19.2. The van der Waals surface area contributed by atoms with E-state index in [1.165, 1.54) is 11.1 Å². The number of hydrogen-bond donors (Lipinski definition) is 1. The molecule has 5 nitrogen and oxygen atoms in total. The summed E-state index contributed by atoms with van der Waals surface area (Å²) in [5.74, 6) is -0.703. The minimum absolute atomic E-state index is 0.0832. The second-order valence-electron chi connectivity index (χ2n) is 6.54. The lowest BCUT2D eigenvalue weighted by molar-refractivity contribution is -0.133. The summed E-state index contributed by atoms with van der Waals surface area (Å²) >= 11 is 0. The Morgan fingerprint density at radius 1 is 1.15 bits per heavy atom. The minimum Gasteiger partial charge on any atom is -0.352 e. The molecule has 27 heavy (non-hydrogen) atoms. The zero-order valence-electron chi connectivity index (χ0n) is 15.2. The summed E-state index contributed by atoms with van der Waals surface area (Å²) in [6, 6.07) is 14.6. The molecule has 1 N–H and O–H groups in total. The van der Waals surface area contributed by atoms with E-state index in [1.807, 2.05) is 30.3 Å². The lowest BCUT2D eigenvalue weighted by atomic mass is 10.1. The third-order valence-corrected chi connectivity index (χ3v) is 4.49. The van der Waals surface area contributed by atoms with Gasteiger partial charge in [0.2, 0.25) is 11.8 Å². The van der Waals surface area contributed by atoms with Gasteiger partial charge >= 0.3 is 0 Å². The summed E-state index contributed by atoms with van der Waals surface area (Å²) in [5.41, 5.74) is 3.15. The normalized spacial score (nSPS) is 13.4. The molecule has 0 atom stereocenters. The van der Waals surface area contributed by atoms with Crippen molar-refractivity contribution >= 4 is 17.5 Å². The Kier molecular flexibility index (Phi) is 5.96. The summed E-state index contributed by atoms with van der Waals surface area (Å²) in [7, 11) is 0. The molecule has 3 rings (SSSR count). The predicted molar refractivity (Wildman–Crippen MR) is 102 cm³/mol. The fraction of sp³-hybridized carbons (Fsp3) is 0.286. The van der Waals surface area contributed by atoms with Gasteiger partial charge in [-0.2, -0.15) is 5.10 Å². The van der Waals surface area contributed by atoms with Crippen LogP contribution in [-0.2, 0) is 16.1 Å². The molecule has 0 saturated heterocycles. The highest BCUT2D eigenvalue weighted by Gasteiger charge is 2.21. The first-order chi connectivity index (χ1) is 13.0. The number of nitrogens with zero attached hydrogens (tertiary/aromatic N) is 2. The molecular formula is C21H22FN3O2. The summed E-state index contributed by atoms with van der Waals surface area (Å²) in [6.07, 6.45) is 0.889. The average Bonchev–Trinajstić information content (AvgIpc) is 3.18. The fourth-order valence-corrected chi connectivity index (χ4v) is 2.86. The molecule has 0 aromatic heterocycles. The van der Waals surface area contributed by atoms with Crippen molar-refractivity contribution in [3.8, 4) is 0 Å². The first-order valence-electron chi connectivity index (χ1n) is 8.98. The molecule has 0 saturated carbocycles. The van der Waals surface area contributed by atoms with Crippen molar-refractivity contribution in [3.63, 3.8) is 0 Å². The summed E-state index contributed by atoms with van der Waals surface area (Å²) < 4.78 is 13.5. The summed E-state index contributed by atoms with van der Waals surface area (Å²) in [4.78, 5) is 24.2. The second kappa shape index (κ2) is 8.58. The van der Waals surface area contributed by atoms with Crippen LogP contribution >= 0.6 is 0 Å². The van der Waals surface area contributed by atoms with E-state index in [4.69, 9.17) is 0 Å². The molecule has 2 amide bonds. The van der Waals surface area contributed by atoms with Crippen molar-refractivity contribution < 1.29 is 14.0 Å². The van der Waals surface area contributed by atoms with Gasteiger partial charge in [-0.25, -0.2) is 9.40 Å². The lowest BCUT2D eigenvalue weighted by Gasteiger charge is -2.11. The van der Waals surface area contributed by atoms with E-state index in [1.54, 1.807) is 19.1 Å². The van der Waals surface area contributed by atoms with Crippen molar-refractivity contribution in [2.75, 3.05) is 6.54 Å². The molecular weight excluding hydrogens is 345 g/mol. The van der Waals surface area contributed by atoms with E-state index in [2.05, 4.69) is 10.4 Å². The zero-order valence-corrected chi connectivity index (χ0v) is 15.2. The molecule has 0 spiro atoms. The van der Waals surface area contributed by atoms with Crippen LogP contribution in [0.25, 0.3) is 0 Å². The lowest BCUT2D eigenvalue weighted by Crippen LogP contribution is -2.27. The molecule has 0 radical (unpaired) electrons. The summed E-state index contributed by atoms with van der Waals surface area (Å²) in [5, 5.41) is 8.52. The van der Waals surface area contributed by atoms with Crippen LogP contribution in [0.3, 0.4) is 0 Å². The third kappa shape index (κ3) is 5.00. The number of hydrogen-bond acceptors (Lipinski definition) is 3. The number of carbonyl (C=O) groups is 2. The Labute approximate surface area is 157 Å². The van der Waals surface area contributed by atoms with Crippen molar-refractivity contribution in [2.45, 2.75) is 32.7 Å². The molecule has 140 valence electrons. The Morgan fingerprint density at radius 3 is 2.67 bits per heavy atom. The predicted octanol–water partition coefficient (Wildman–Crippen LogP) is 3.17. The first kappa shape index (κ1) is 18.8. The van der Waals surface area contributed by atoms with Crippen LogP contribution in [0.2, 0.25) is 0 Å². The van der Waals surface area contributed by atoms with Gasteiger partial charge in [-0.15, -0.1) is 0 Å². The smallest absolute Gasteiger partial charge is 0.243 e. The second-order valence-corrected chi connectivity index (χ2v) is 6.54. The highest BCUT2D eigenvalue weighted by atomic mass is 19.1. The quantitative estimate of drug-likeness (QED) is 0.852.